The van der Waals surface area contributed by atoms with E-state index in [2.05, 4.69) is 31.0 Å². The van der Waals surface area contributed by atoms with Crippen LogP contribution in [0.5, 0.6) is 0 Å². The summed E-state index contributed by atoms with van der Waals surface area (Å²) >= 11 is 0. The van der Waals surface area contributed by atoms with Crippen molar-refractivity contribution in [1.29, 1.82) is 0 Å². The second kappa shape index (κ2) is 14.3. The zero-order chi connectivity index (χ0) is 22.3. The van der Waals surface area contributed by atoms with Crippen molar-refractivity contribution >= 4 is 12.4 Å². The maximum atomic E-state index is 12.2. The van der Waals surface area contributed by atoms with Crippen molar-refractivity contribution in [3.05, 3.63) is 42.5 Å². The summed E-state index contributed by atoms with van der Waals surface area (Å²) in [6.45, 7) is 11.0. The largest absolute Gasteiger partial charge is 0.471 e. The van der Waals surface area contributed by atoms with Crippen molar-refractivity contribution in [3.8, 4) is 5.69 Å². The van der Waals surface area contributed by atoms with E-state index in [1.54, 1.807) is 18.1 Å². The molecule has 0 aliphatic rings. The lowest BCUT2D eigenvalue weighted by atomic mass is 9.86. The fraction of sp³-hybridized carbons (Fsp3) is 0.500. The van der Waals surface area contributed by atoms with Crippen LogP contribution in [-0.2, 0) is 20.9 Å². The number of ether oxygens (including phenoxy) is 1. The number of hydrogen-bond acceptors (Lipinski definition) is 7. The summed E-state index contributed by atoms with van der Waals surface area (Å²) in [6, 6.07) is 7.62. The maximum Gasteiger partial charge on any atom is 0.292 e. The molecule has 0 radical (unpaired) electrons. The minimum atomic E-state index is -0.260. The summed E-state index contributed by atoms with van der Waals surface area (Å²) < 4.78 is 5.56. The van der Waals surface area contributed by atoms with E-state index < -0.39 is 0 Å². The van der Waals surface area contributed by atoms with E-state index in [4.69, 9.17) is 4.79 Å². The standard InChI is InChI=1S/C16H24N6O.C2H4O2.C2H6/c1-16(2,3)14(17-4)15(23)21-19-9-12-5-7-13(8-6-12)22-11-18-10-20-22;1-4-2-3;1-2/h5-8,10-11,14,17,19H,9H2,1-4H3,(H,21,23);2H,1H3;1-2H3. The SMILES string of the molecule is CC.CNC(C(=O)NNCc1ccc(-n2cncn2)cc1)C(C)(C)C.COC=O. The van der Waals surface area contributed by atoms with Crippen LogP contribution in [-0.4, -0.2) is 47.3 Å². The smallest absolute Gasteiger partial charge is 0.292 e. The first-order valence-electron chi connectivity index (χ1n) is 9.43. The lowest BCUT2D eigenvalue weighted by Gasteiger charge is -2.29. The number of aromatic nitrogens is 3. The predicted molar refractivity (Wildman–Crippen MR) is 113 cm³/mol. The fourth-order valence-corrected chi connectivity index (χ4v) is 2.37. The van der Waals surface area contributed by atoms with Crippen molar-refractivity contribution in [2.45, 2.75) is 47.2 Å². The molecule has 0 saturated carbocycles. The fourth-order valence-electron chi connectivity index (χ4n) is 2.37. The highest BCUT2D eigenvalue weighted by atomic mass is 16.5. The van der Waals surface area contributed by atoms with Gasteiger partial charge >= 0.3 is 0 Å². The van der Waals surface area contributed by atoms with Crippen LogP contribution in [0.4, 0.5) is 0 Å². The highest BCUT2D eigenvalue weighted by molar-refractivity contribution is 5.82. The molecule has 1 unspecified atom stereocenters. The molecule has 29 heavy (non-hydrogen) atoms. The molecule has 9 heteroatoms. The van der Waals surface area contributed by atoms with Crippen LogP contribution in [0.15, 0.2) is 36.9 Å². The average molecular weight is 407 g/mol. The summed E-state index contributed by atoms with van der Waals surface area (Å²) in [5.41, 5.74) is 7.57. The van der Waals surface area contributed by atoms with Gasteiger partial charge in [0, 0.05) is 6.54 Å². The Hall–Kier alpha value is -2.78. The Morgan fingerprint density at radius 1 is 1.24 bits per heavy atom. The number of carbonyl (C=O) groups excluding carboxylic acids is 2. The molecule has 9 nitrogen and oxygen atoms in total. The number of hydrogen-bond donors (Lipinski definition) is 3. The minimum absolute atomic E-state index is 0.0702. The molecular formula is C20H34N6O3. The van der Waals surface area contributed by atoms with Gasteiger partial charge in [0.25, 0.3) is 12.4 Å². The maximum absolute atomic E-state index is 12.2. The van der Waals surface area contributed by atoms with Gasteiger partial charge in [-0.25, -0.2) is 15.1 Å². The summed E-state index contributed by atoms with van der Waals surface area (Å²) in [6.07, 6.45) is 3.15. The van der Waals surface area contributed by atoms with Gasteiger partial charge in [-0.3, -0.25) is 15.0 Å². The normalized spacial score (nSPS) is 11.1. The topological polar surface area (TPSA) is 110 Å². The monoisotopic (exact) mass is 406 g/mol. The average Bonchev–Trinajstić information content (AvgIpc) is 3.24. The lowest BCUT2D eigenvalue weighted by molar-refractivity contribution is -0.127. The van der Waals surface area contributed by atoms with Crippen molar-refractivity contribution in [2.24, 2.45) is 5.41 Å². The van der Waals surface area contributed by atoms with Gasteiger partial charge in [0.15, 0.2) is 0 Å². The molecule has 1 aromatic heterocycles. The molecule has 0 saturated heterocycles. The number of carbonyl (C=O) groups is 2. The van der Waals surface area contributed by atoms with Gasteiger partial charge in [-0.1, -0.05) is 46.8 Å². The molecule has 0 bridgehead atoms. The van der Waals surface area contributed by atoms with Crippen LogP contribution >= 0.6 is 0 Å². The molecule has 0 fully saturated rings. The number of rotatable bonds is 7. The van der Waals surface area contributed by atoms with Gasteiger partial charge < -0.3 is 10.1 Å². The molecule has 2 aromatic rings. The first-order valence-corrected chi connectivity index (χ1v) is 9.43. The molecule has 0 spiro atoms. The molecule has 0 aliphatic heterocycles. The third-order valence-corrected chi connectivity index (χ3v) is 3.64. The number of hydrazine groups is 1. The van der Waals surface area contributed by atoms with Crippen LogP contribution in [0.1, 0.15) is 40.2 Å². The van der Waals surface area contributed by atoms with Crippen LogP contribution in [0.2, 0.25) is 0 Å². The van der Waals surface area contributed by atoms with Gasteiger partial charge in [-0.05, 0) is 30.2 Å². The summed E-state index contributed by atoms with van der Waals surface area (Å²) in [4.78, 5) is 25.0. The molecular weight excluding hydrogens is 372 g/mol. The molecule has 1 heterocycles. The minimum Gasteiger partial charge on any atom is -0.471 e. The molecule has 1 atom stereocenters. The molecule has 3 N–H and O–H groups in total. The predicted octanol–water partition coefficient (Wildman–Crippen LogP) is 1.84. The van der Waals surface area contributed by atoms with E-state index >= 15 is 0 Å². The first-order chi connectivity index (χ1) is 13.8. The zero-order valence-corrected chi connectivity index (χ0v) is 18.4. The number of methoxy groups -OCH3 is 1. The summed E-state index contributed by atoms with van der Waals surface area (Å²) in [7, 11) is 3.10. The summed E-state index contributed by atoms with van der Waals surface area (Å²) in [5, 5.41) is 7.13. The number of amides is 1. The Morgan fingerprint density at radius 3 is 2.24 bits per heavy atom. The van der Waals surface area contributed by atoms with E-state index in [9.17, 15) is 4.79 Å². The Kier molecular flexibility index (Phi) is 12.9. The number of likely N-dealkylation sites (N-methyl/N-ethyl adjacent to an activating group) is 1. The lowest BCUT2D eigenvalue weighted by Crippen LogP contribution is -2.53. The first kappa shape index (κ1) is 26.2. The highest BCUT2D eigenvalue weighted by Gasteiger charge is 2.29. The number of nitrogens with one attached hydrogen (secondary N) is 3. The van der Waals surface area contributed by atoms with Crippen molar-refractivity contribution in [2.75, 3.05) is 14.2 Å². The Bertz CT molecular complexity index is 681. The van der Waals surface area contributed by atoms with Crippen LogP contribution in [0, 0.1) is 5.41 Å². The highest BCUT2D eigenvalue weighted by Crippen LogP contribution is 2.18. The molecule has 2 rings (SSSR count). The second-order valence-corrected chi connectivity index (χ2v) is 6.77. The van der Waals surface area contributed by atoms with E-state index in [1.165, 1.54) is 13.4 Å². The van der Waals surface area contributed by atoms with Crippen molar-refractivity contribution in [1.82, 2.24) is 30.9 Å². The van der Waals surface area contributed by atoms with Gasteiger partial charge in [0.1, 0.15) is 12.7 Å². The molecule has 1 aromatic carbocycles. The van der Waals surface area contributed by atoms with Crippen LogP contribution in [0.25, 0.3) is 5.69 Å². The Morgan fingerprint density at radius 2 is 1.83 bits per heavy atom. The number of nitrogens with zero attached hydrogens (tertiary/aromatic N) is 3. The van der Waals surface area contributed by atoms with Crippen LogP contribution in [0.3, 0.4) is 0 Å². The third kappa shape index (κ3) is 9.82. The van der Waals surface area contributed by atoms with Gasteiger partial charge in [0.05, 0.1) is 18.8 Å². The molecule has 162 valence electrons. The van der Waals surface area contributed by atoms with Crippen molar-refractivity contribution < 1.29 is 14.3 Å². The van der Waals surface area contributed by atoms with E-state index in [0.717, 1.165) is 11.3 Å². The number of benzene rings is 1. The molecule has 0 aliphatic carbocycles. The zero-order valence-electron chi connectivity index (χ0n) is 18.4. The van der Waals surface area contributed by atoms with Crippen LogP contribution < -0.4 is 16.2 Å². The third-order valence-electron chi connectivity index (χ3n) is 3.64. The van der Waals surface area contributed by atoms with E-state index in [0.29, 0.717) is 13.0 Å². The van der Waals surface area contributed by atoms with E-state index in [1.807, 2.05) is 58.9 Å². The Labute approximate surface area is 173 Å². The quantitative estimate of drug-likeness (QED) is 0.475. The summed E-state index contributed by atoms with van der Waals surface area (Å²) in [5.74, 6) is -0.0702. The van der Waals surface area contributed by atoms with Crippen molar-refractivity contribution in [3.63, 3.8) is 0 Å². The van der Waals surface area contributed by atoms with Gasteiger partial charge in [-0.2, -0.15) is 5.10 Å². The van der Waals surface area contributed by atoms with Gasteiger partial charge in [0.2, 0.25) is 0 Å². The second-order valence-electron chi connectivity index (χ2n) is 6.77. The molecule has 1 amide bonds. The van der Waals surface area contributed by atoms with Gasteiger partial charge in [-0.15, -0.1) is 0 Å². The van der Waals surface area contributed by atoms with E-state index in [-0.39, 0.29) is 17.4 Å². The Balaban J connectivity index is 0.00000116.